The van der Waals surface area contributed by atoms with Crippen molar-refractivity contribution in [3.63, 3.8) is 0 Å². The molecule has 3 rings (SSSR count). The molecule has 4 N–H and O–H groups in total. The Morgan fingerprint density at radius 2 is 1.85 bits per heavy atom. The normalized spacial score (nSPS) is 34.3. The lowest BCUT2D eigenvalue weighted by Gasteiger charge is -2.38. The quantitative estimate of drug-likeness (QED) is 0.637. The van der Waals surface area contributed by atoms with E-state index in [1.54, 1.807) is 13.0 Å². The Bertz CT molecular complexity index is 565. The molecule has 0 bridgehead atoms. The highest BCUT2D eigenvalue weighted by Gasteiger charge is 2.43. The van der Waals surface area contributed by atoms with Crippen molar-refractivity contribution in [3.05, 3.63) is 30.3 Å². The van der Waals surface area contributed by atoms with E-state index < -0.39 is 30.7 Å². The molecule has 1 saturated heterocycles. The zero-order valence-electron chi connectivity index (χ0n) is 10.9. The van der Waals surface area contributed by atoms with Crippen molar-refractivity contribution in [1.82, 2.24) is 4.98 Å². The van der Waals surface area contributed by atoms with Gasteiger partial charge in [0.15, 0.2) is 5.88 Å². The second kappa shape index (κ2) is 5.06. The van der Waals surface area contributed by atoms with Crippen molar-refractivity contribution in [2.24, 2.45) is 0 Å². The van der Waals surface area contributed by atoms with Gasteiger partial charge >= 0.3 is 0 Å². The van der Waals surface area contributed by atoms with E-state index in [0.29, 0.717) is 5.88 Å². The van der Waals surface area contributed by atoms with E-state index in [1.165, 1.54) is 0 Å². The lowest BCUT2D eigenvalue weighted by molar-refractivity contribution is -0.268. The van der Waals surface area contributed by atoms with Crippen LogP contribution >= 0.6 is 0 Å². The molecular weight excluding hydrogens is 262 g/mol. The molecule has 108 valence electrons. The van der Waals surface area contributed by atoms with Crippen LogP contribution in [0.5, 0.6) is 5.88 Å². The van der Waals surface area contributed by atoms with Gasteiger partial charge in [-0.25, -0.2) is 0 Å². The van der Waals surface area contributed by atoms with Crippen LogP contribution in [0.1, 0.15) is 6.92 Å². The summed E-state index contributed by atoms with van der Waals surface area (Å²) in [5.74, 6) is 0.436. The third-order valence-corrected chi connectivity index (χ3v) is 3.56. The van der Waals surface area contributed by atoms with Crippen molar-refractivity contribution < 1.29 is 24.8 Å². The molecule has 1 aromatic carbocycles. The third-order valence-electron chi connectivity index (χ3n) is 3.56. The van der Waals surface area contributed by atoms with Crippen molar-refractivity contribution >= 4 is 10.9 Å². The number of hydrogen-bond donors (Lipinski definition) is 4. The Balaban J connectivity index is 1.79. The summed E-state index contributed by atoms with van der Waals surface area (Å²) in [7, 11) is 0. The number of aromatic nitrogens is 1. The first-order valence-electron chi connectivity index (χ1n) is 6.50. The first-order valence-corrected chi connectivity index (χ1v) is 6.50. The second-order valence-corrected chi connectivity index (χ2v) is 5.02. The molecule has 6 nitrogen and oxygen atoms in total. The molecule has 0 saturated carbocycles. The second-order valence-electron chi connectivity index (χ2n) is 5.02. The number of H-pyrrole nitrogens is 1. The molecule has 0 spiro atoms. The van der Waals surface area contributed by atoms with Gasteiger partial charge in [-0.1, -0.05) is 18.2 Å². The van der Waals surface area contributed by atoms with Crippen LogP contribution in [0.15, 0.2) is 30.3 Å². The van der Waals surface area contributed by atoms with Crippen molar-refractivity contribution in [2.75, 3.05) is 0 Å². The molecule has 0 aliphatic carbocycles. The average Bonchev–Trinajstić information content (AvgIpc) is 2.84. The molecule has 1 aromatic heterocycles. The first-order chi connectivity index (χ1) is 9.56. The van der Waals surface area contributed by atoms with Crippen LogP contribution in [-0.4, -0.2) is 51.0 Å². The van der Waals surface area contributed by atoms with E-state index in [9.17, 15) is 15.3 Å². The zero-order chi connectivity index (χ0) is 14.3. The van der Waals surface area contributed by atoms with Crippen LogP contribution in [0.3, 0.4) is 0 Å². The van der Waals surface area contributed by atoms with Gasteiger partial charge in [-0.15, -0.1) is 0 Å². The SMILES string of the molecule is C[C@H]1O[C@@H](Oc2cc3ccccc3[nH]2)[C@H](O)[C@@H](O)[C@@H]1O. The van der Waals surface area contributed by atoms with Gasteiger partial charge in [0.25, 0.3) is 0 Å². The van der Waals surface area contributed by atoms with Crippen LogP contribution < -0.4 is 4.74 Å². The highest BCUT2D eigenvalue weighted by atomic mass is 16.7. The molecule has 0 unspecified atom stereocenters. The van der Waals surface area contributed by atoms with Crippen molar-refractivity contribution in [2.45, 2.75) is 37.6 Å². The van der Waals surface area contributed by atoms with Crippen molar-refractivity contribution in [1.29, 1.82) is 0 Å². The smallest absolute Gasteiger partial charge is 0.230 e. The molecule has 5 atom stereocenters. The number of aliphatic hydroxyl groups is 3. The van der Waals surface area contributed by atoms with Crippen LogP contribution in [-0.2, 0) is 4.74 Å². The highest BCUT2D eigenvalue weighted by Crippen LogP contribution is 2.26. The molecule has 20 heavy (non-hydrogen) atoms. The summed E-state index contributed by atoms with van der Waals surface area (Å²) >= 11 is 0. The van der Waals surface area contributed by atoms with Crippen LogP contribution in [0.25, 0.3) is 10.9 Å². The molecule has 1 fully saturated rings. The Morgan fingerprint density at radius 3 is 2.60 bits per heavy atom. The van der Waals surface area contributed by atoms with Crippen molar-refractivity contribution in [3.8, 4) is 5.88 Å². The maximum absolute atomic E-state index is 9.89. The van der Waals surface area contributed by atoms with E-state index in [-0.39, 0.29) is 0 Å². The number of rotatable bonds is 2. The maximum Gasteiger partial charge on any atom is 0.230 e. The minimum Gasteiger partial charge on any atom is -0.447 e. The molecule has 0 amide bonds. The summed E-state index contributed by atoms with van der Waals surface area (Å²) in [6.45, 7) is 1.61. The minimum absolute atomic E-state index is 0.436. The molecule has 0 radical (unpaired) electrons. The summed E-state index contributed by atoms with van der Waals surface area (Å²) < 4.78 is 10.9. The maximum atomic E-state index is 9.89. The zero-order valence-corrected chi connectivity index (χ0v) is 10.9. The Morgan fingerprint density at radius 1 is 1.10 bits per heavy atom. The Kier molecular flexibility index (Phi) is 3.39. The highest BCUT2D eigenvalue weighted by molar-refractivity contribution is 5.81. The Hall–Kier alpha value is -1.60. The first kappa shape index (κ1) is 13.4. The van der Waals surface area contributed by atoms with Gasteiger partial charge in [-0.05, 0) is 13.0 Å². The van der Waals surface area contributed by atoms with Gasteiger partial charge in [-0.2, -0.15) is 0 Å². The summed E-state index contributed by atoms with van der Waals surface area (Å²) in [6.07, 6.45) is -5.40. The van der Waals surface area contributed by atoms with Crippen LogP contribution in [0.4, 0.5) is 0 Å². The molecule has 6 heteroatoms. The number of hydrogen-bond acceptors (Lipinski definition) is 5. The number of aromatic amines is 1. The van der Waals surface area contributed by atoms with Crippen LogP contribution in [0, 0.1) is 0 Å². The van der Waals surface area contributed by atoms with E-state index in [4.69, 9.17) is 9.47 Å². The average molecular weight is 279 g/mol. The standard InChI is InChI=1S/C14H17NO5/c1-7-11(16)12(17)13(18)14(19-7)20-10-6-8-4-2-3-5-9(8)15-10/h2-7,11-18H,1H3/t7-,11-,12+,13-,14+/m1/s1. The number of nitrogens with one attached hydrogen (secondary N) is 1. The fourth-order valence-electron chi connectivity index (χ4n) is 2.35. The van der Waals surface area contributed by atoms with Gasteiger partial charge in [0, 0.05) is 17.0 Å². The molecule has 1 aliphatic rings. The lowest BCUT2D eigenvalue weighted by atomic mass is 10.0. The van der Waals surface area contributed by atoms with E-state index in [1.807, 2.05) is 24.3 Å². The minimum atomic E-state index is -1.31. The monoisotopic (exact) mass is 279 g/mol. The summed E-state index contributed by atoms with van der Waals surface area (Å²) in [4.78, 5) is 3.05. The number of fused-ring (bicyclic) bond motifs is 1. The Labute approximate surface area is 115 Å². The predicted molar refractivity (Wildman–Crippen MR) is 71.3 cm³/mol. The lowest BCUT2D eigenvalue weighted by Crippen LogP contribution is -2.58. The predicted octanol–water partition coefficient (Wildman–Crippen LogP) is 0.374. The van der Waals surface area contributed by atoms with E-state index >= 15 is 0 Å². The van der Waals surface area contributed by atoms with E-state index in [0.717, 1.165) is 10.9 Å². The van der Waals surface area contributed by atoms with Gasteiger partial charge in [-0.3, -0.25) is 0 Å². The molecule has 2 aromatic rings. The number of aliphatic hydroxyl groups excluding tert-OH is 3. The van der Waals surface area contributed by atoms with Crippen LogP contribution in [0.2, 0.25) is 0 Å². The summed E-state index contributed by atoms with van der Waals surface area (Å²) in [5.41, 5.74) is 0.904. The number of benzene rings is 1. The topological polar surface area (TPSA) is 94.9 Å². The van der Waals surface area contributed by atoms with Gasteiger partial charge in [0.1, 0.15) is 18.3 Å². The van der Waals surface area contributed by atoms with E-state index in [2.05, 4.69) is 4.98 Å². The number of para-hydroxylation sites is 1. The van der Waals surface area contributed by atoms with Gasteiger partial charge in [0.05, 0.1) is 6.10 Å². The third kappa shape index (κ3) is 2.27. The molecular formula is C14H17NO5. The summed E-state index contributed by atoms with van der Waals surface area (Å²) in [6, 6.07) is 9.43. The molecule has 1 aliphatic heterocycles. The fourth-order valence-corrected chi connectivity index (χ4v) is 2.35. The van der Waals surface area contributed by atoms with Gasteiger partial charge in [0.2, 0.25) is 6.29 Å². The summed E-state index contributed by atoms with van der Waals surface area (Å²) in [5, 5.41) is 30.2. The van der Waals surface area contributed by atoms with Gasteiger partial charge < -0.3 is 29.8 Å². The number of ether oxygens (including phenoxy) is 2. The fraction of sp³-hybridized carbons (Fsp3) is 0.429. The largest absolute Gasteiger partial charge is 0.447 e. The molecule has 2 heterocycles.